The molecule has 0 spiro atoms. The van der Waals surface area contributed by atoms with Crippen LogP contribution in [0.2, 0.25) is 0 Å². The summed E-state index contributed by atoms with van der Waals surface area (Å²) in [5.41, 5.74) is 3.05. The van der Waals surface area contributed by atoms with Gasteiger partial charge in [0, 0.05) is 15.7 Å². The van der Waals surface area contributed by atoms with Crippen LogP contribution in [0, 0.1) is 18.3 Å². The lowest BCUT2D eigenvalue weighted by Gasteiger charge is -2.11. The van der Waals surface area contributed by atoms with E-state index in [9.17, 15) is 14.9 Å². The third kappa shape index (κ3) is 6.06. The highest BCUT2D eigenvalue weighted by Crippen LogP contribution is 2.27. The summed E-state index contributed by atoms with van der Waals surface area (Å²) < 4.78 is 6.65. The monoisotopic (exact) mass is 490 g/mol. The Morgan fingerprint density at radius 1 is 1.12 bits per heavy atom. The molecule has 0 saturated carbocycles. The van der Waals surface area contributed by atoms with Crippen molar-refractivity contribution in [2.75, 3.05) is 5.32 Å². The van der Waals surface area contributed by atoms with E-state index in [2.05, 4.69) is 21.2 Å². The predicted molar refractivity (Wildman–Crippen MR) is 125 cm³/mol. The van der Waals surface area contributed by atoms with Crippen molar-refractivity contribution in [2.45, 2.75) is 13.5 Å². The van der Waals surface area contributed by atoms with Gasteiger partial charge in [0.15, 0.2) is 0 Å². The molecule has 3 aromatic rings. The largest absolute Gasteiger partial charge is 0.488 e. The minimum Gasteiger partial charge on any atom is -0.488 e. The van der Waals surface area contributed by atoms with E-state index in [-0.39, 0.29) is 17.7 Å². The number of ether oxygens (including phenoxy) is 1. The fraction of sp³-hybridized carbons (Fsp3) is 0.0800. The number of carboxylic acid groups (broad SMARTS) is 1. The van der Waals surface area contributed by atoms with Crippen LogP contribution in [0.5, 0.6) is 5.75 Å². The number of aromatic carboxylic acids is 1. The molecule has 160 valence electrons. The number of nitrogens with one attached hydrogen (secondary N) is 1. The van der Waals surface area contributed by atoms with E-state index in [0.717, 1.165) is 15.6 Å². The van der Waals surface area contributed by atoms with Crippen molar-refractivity contribution < 1.29 is 19.4 Å². The number of anilines is 1. The summed E-state index contributed by atoms with van der Waals surface area (Å²) in [5.74, 6) is -1.04. The first-order chi connectivity index (χ1) is 15.4. The minimum absolute atomic E-state index is 0.0692. The van der Waals surface area contributed by atoms with Crippen LogP contribution in [0.25, 0.3) is 6.08 Å². The van der Waals surface area contributed by atoms with Gasteiger partial charge in [0.05, 0.1) is 5.56 Å². The van der Waals surface area contributed by atoms with Gasteiger partial charge in [-0.05, 0) is 66.6 Å². The number of carboxylic acids is 1. The minimum atomic E-state index is -0.995. The smallest absolute Gasteiger partial charge is 0.335 e. The van der Waals surface area contributed by atoms with Gasteiger partial charge < -0.3 is 15.2 Å². The summed E-state index contributed by atoms with van der Waals surface area (Å²) in [6.45, 7) is 2.11. The maximum atomic E-state index is 12.6. The number of benzene rings is 3. The van der Waals surface area contributed by atoms with Gasteiger partial charge in [0.25, 0.3) is 5.91 Å². The zero-order valence-corrected chi connectivity index (χ0v) is 18.7. The van der Waals surface area contributed by atoms with Gasteiger partial charge in [-0.25, -0.2) is 4.79 Å². The maximum absolute atomic E-state index is 12.6. The molecule has 1 amide bonds. The van der Waals surface area contributed by atoms with Gasteiger partial charge in [-0.1, -0.05) is 40.2 Å². The van der Waals surface area contributed by atoms with Crippen LogP contribution in [0.4, 0.5) is 5.69 Å². The van der Waals surface area contributed by atoms with Crippen molar-refractivity contribution >= 4 is 39.6 Å². The molecule has 3 rings (SSSR count). The first-order valence-corrected chi connectivity index (χ1v) is 10.4. The summed E-state index contributed by atoms with van der Waals surface area (Å²) in [7, 11) is 0. The molecule has 0 aromatic heterocycles. The van der Waals surface area contributed by atoms with E-state index < -0.39 is 11.9 Å². The third-order valence-electron chi connectivity index (χ3n) is 4.51. The van der Waals surface area contributed by atoms with Crippen molar-refractivity contribution in [1.29, 1.82) is 5.26 Å². The number of hydrogen-bond donors (Lipinski definition) is 2. The lowest BCUT2D eigenvalue weighted by Crippen LogP contribution is -2.13. The van der Waals surface area contributed by atoms with E-state index in [1.165, 1.54) is 18.2 Å². The van der Waals surface area contributed by atoms with E-state index in [0.29, 0.717) is 17.0 Å². The molecule has 0 radical (unpaired) electrons. The van der Waals surface area contributed by atoms with Crippen molar-refractivity contribution in [3.8, 4) is 11.8 Å². The number of carbonyl (C=O) groups excluding carboxylic acids is 1. The van der Waals surface area contributed by atoms with E-state index in [1.54, 1.807) is 36.4 Å². The first kappa shape index (κ1) is 22.8. The number of aryl methyl sites for hydroxylation is 1. The highest BCUT2D eigenvalue weighted by atomic mass is 79.9. The highest BCUT2D eigenvalue weighted by molar-refractivity contribution is 9.10. The molecule has 7 heteroatoms. The molecule has 0 bridgehead atoms. The SMILES string of the molecule is Cc1cccc(NC(=O)/C(C#N)=C/c2cc(Br)ccc2OCc2ccc(C(=O)O)cc2)c1. The van der Waals surface area contributed by atoms with Crippen LogP contribution in [-0.4, -0.2) is 17.0 Å². The Bertz CT molecular complexity index is 1230. The van der Waals surface area contributed by atoms with Crippen LogP contribution < -0.4 is 10.1 Å². The van der Waals surface area contributed by atoms with E-state index >= 15 is 0 Å². The van der Waals surface area contributed by atoms with Crippen LogP contribution in [0.3, 0.4) is 0 Å². The fourth-order valence-corrected chi connectivity index (χ4v) is 3.27. The molecule has 6 nitrogen and oxygen atoms in total. The predicted octanol–water partition coefficient (Wildman–Crippen LogP) is 5.58. The van der Waals surface area contributed by atoms with E-state index in [4.69, 9.17) is 9.84 Å². The fourth-order valence-electron chi connectivity index (χ4n) is 2.89. The number of carbonyl (C=O) groups is 2. The summed E-state index contributed by atoms with van der Waals surface area (Å²) in [6.07, 6.45) is 1.47. The normalized spacial score (nSPS) is 10.8. The lowest BCUT2D eigenvalue weighted by molar-refractivity contribution is -0.112. The van der Waals surface area contributed by atoms with Gasteiger partial charge >= 0.3 is 5.97 Å². The average molecular weight is 491 g/mol. The Hall–Kier alpha value is -3.89. The molecule has 2 N–H and O–H groups in total. The van der Waals surface area contributed by atoms with Crippen molar-refractivity contribution in [2.24, 2.45) is 0 Å². The zero-order valence-electron chi connectivity index (χ0n) is 17.1. The molecule has 0 aliphatic carbocycles. The zero-order chi connectivity index (χ0) is 23.1. The van der Waals surface area contributed by atoms with E-state index in [1.807, 2.05) is 31.2 Å². The molecule has 32 heavy (non-hydrogen) atoms. The Labute approximate surface area is 193 Å². The second-order valence-corrected chi connectivity index (χ2v) is 7.88. The van der Waals surface area contributed by atoms with Gasteiger partial charge in [-0.15, -0.1) is 0 Å². The summed E-state index contributed by atoms with van der Waals surface area (Å²) in [5, 5.41) is 21.3. The van der Waals surface area contributed by atoms with Gasteiger partial charge in [0.1, 0.15) is 24.0 Å². The quantitative estimate of drug-likeness (QED) is 0.332. The molecular weight excluding hydrogens is 472 g/mol. The maximum Gasteiger partial charge on any atom is 0.335 e. The Kier molecular flexibility index (Phi) is 7.42. The van der Waals surface area contributed by atoms with Gasteiger partial charge in [-0.3, -0.25) is 4.79 Å². The van der Waals surface area contributed by atoms with Crippen molar-refractivity contribution in [1.82, 2.24) is 0 Å². The van der Waals surface area contributed by atoms with Crippen molar-refractivity contribution in [3.05, 3.63) is 99.0 Å². The molecule has 0 aliphatic heterocycles. The Morgan fingerprint density at radius 2 is 1.88 bits per heavy atom. The van der Waals surface area contributed by atoms with Gasteiger partial charge in [0.2, 0.25) is 0 Å². The highest BCUT2D eigenvalue weighted by Gasteiger charge is 2.12. The second-order valence-electron chi connectivity index (χ2n) is 6.97. The number of nitrogens with zero attached hydrogens (tertiary/aromatic N) is 1. The summed E-state index contributed by atoms with van der Waals surface area (Å²) in [6, 6.07) is 20.9. The van der Waals surface area contributed by atoms with Crippen LogP contribution in [0.15, 0.2) is 76.8 Å². The second kappa shape index (κ2) is 10.4. The molecular formula is C25H19BrN2O4. The molecule has 0 heterocycles. The molecule has 0 unspecified atom stereocenters. The number of nitriles is 1. The Morgan fingerprint density at radius 3 is 2.53 bits per heavy atom. The lowest BCUT2D eigenvalue weighted by atomic mass is 10.1. The molecule has 0 saturated heterocycles. The first-order valence-electron chi connectivity index (χ1n) is 9.60. The van der Waals surface area contributed by atoms with Crippen LogP contribution >= 0.6 is 15.9 Å². The molecule has 0 fully saturated rings. The third-order valence-corrected chi connectivity index (χ3v) is 5.00. The number of rotatable bonds is 7. The van der Waals surface area contributed by atoms with Crippen LogP contribution in [0.1, 0.15) is 27.0 Å². The summed E-state index contributed by atoms with van der Waals surface area (Å²) in [4.78, 5) is 23.6. The summed E-state index contributed by atoms with van der Waals surface area (Å²) >= 11 is 3.40. The molecule has 0 atom stereocenters. The number of hydrogen-bond acceptors (Lipinski definition) is 4. The molecule has 3 aromatic carbocycles. The van der Waals surface area contributed by atoms with Crippen molar-refractivity contribution in [3.63, 3.8) is 0 Å². The van der Waals surface area contributed by atoms with Gasteiger partial charge in [-0.2, -0.15) is 5.26 Å². The topological polar surface area (TPSA) is 99.4 Å². The average Bonchev–Trinajstić information content (AvgIpc) is 2.77. The molecule has 0 aliphatic rings. The standard InChI is InChI=1S/C25H19BrN2O4/c1-16-3-2-4-22(11-16)28-24(29)20(14-27)12-19-13-21(26)9-10-23(19)32-15-17-5-7-18(8-6-17)25(30)31/h2-13H,15H2,1H3,(H,28,29)(H,30,31)/b20-12+. The van der Waals surface area contributed by atoms with Crippen LogP contribution in [-0.2, 0) is 11.4 Å². The number of amides is 1. The number of halogens is 1. The Balaban J connectivity index is 1.80.